The Morgan fingerprint density at radius 1 is 0.881 bits per heavy atom. The van der Waals surface area contributed by atoms with Gasteiger partial charge >= 0.3 is 0 Å². The molecule has 7 rings (SSSR count). The standard InChI is InChI=1S/C34H29ClN2O5/c1-2-36-30(39)25-16-15-24-26(28(25)32(36)41)18-27-31(40)37(22-10-6-9-21(35)17-22)33(42)34(27,20-7-4-3-5-8-20)29(24)19-11-13-23(38)14-12-19/h3-15,17,25-29,38H,2,16,18H2,1H3/t25-,26+,27-,28-,29-,34+/m0/s1. The predicted molar refractivity (Wildman–Crippen MR) is 157 cm³/mol. The SMILES string of the molecule is CCN1C(=O)[C@H]2[C@H](CC=C3[C@H]2C[C@H]2C(=O)N(c4cccc(Cl)c4)C(=O)[C@@]2(c2ccccc2)[C@H]3c2ccc(O)cc2)C1=O. The molecule has 8 heteroatoms. The number of nitrogens with zero attached hydrogens (tertiary/aromatic N) is 2. The van der Waals surface area contributed by atoms with Crippen LogP contribution in [0.4, 0.5) is 5.69 Å². The van der Waals surface area contributed by atoms with Gasteiger partial charge in [-0.05, 0) is 67.1 Å². The van der Waals surface area contributed by atoms with Crippen LogP contribution in [0.3, 0.4) is 0 Å². The smallest absolute Gasteiger partial charge is 0.246 e. The Bertz CT molecular complexity index is 1670. The topological polar surface area (TPSA) is 95.0 Å². The van der Waals surface area contributed by atoms with E-state index < -0.39 is 35.0 Å². The highest BCUT2D eigenvalue weighted by atomic mass is 35.5. The fourth-order valence-electron chi connectivity index (χ4n) is 8.16. The molecule has 0 radical (unpaired) electrons. The summed E-state index contributed by atoms with van der Waals surface area (Å²) in [5, 5.41) is 10.6. The lowest BCUT2D eigenvalue weighted by molar-refractivity contribution is -0.140. The third-order valence-electron chi connectivity index (χ3n) is 9.80. The molecule has 0 unspecified atom stereocenters. The number of anilines is 1. The Morgan fingerprint density at radius 2 is 1.62 bits per heavy atom. The van der Waals surface area contributed by atoms with Crippen LogP contribution in [0, 0.1) is 23.7 Å². The maximum absolute atomic E-state index is 15.0. The Kier molecular flexibility index (Phi) is 6.13. The van der Waals surface area contributed by atoms with E-state index in [1.807, 2.05) is 36.4 Å². The van der Waals surface area contributed by atoms with E-state index in [4.69, 9.17) is 11.6 Å². The number of benzene rings is 3. The van der Waals surface area contributed by atoms with Gasteiger partial charge in [0.15, 0.2) is 0 Å². The lowest BCUT2D eigenvalue weighted by atomic mass is 9.49. The molecular weight excluding hydrogens is 552 g/mol. The average Bonchev–Trinajstić information content (AvgIpc) is 3.38. The summed E-state index contributed by atoms with van der Waals surface area (Å²) in [5.41, 5.74) is 1.44. The van der Waals surface area contributed by atoms with Gasteiger partial charge in [0.25, 0.3) is 0 Å². The number of fused-ring (bicyclic) bond motifs is 4. The van der Waals surface area contributed by atoms with E-state index >= 15 is 4.79 Å². The summed E-state index contributed by atoms with van der Waals surface area (Å²) in [6.07, 6.45) is 2.69. The predicted octanol–water partition coefficient (Wildman–Crippen LogP) is 5.23. The highest BCUT2D eigenvalue weighted by Crippen LogP contribution is 2.64. The first-order valence-corrected chi connectivity index (χ1v) is 14.7. The summed E-state index contributed by atoms with van der Waals surface area (Å²) in [5.74, 6) is -3.86. The van der Waals surface area contributed by atoms with Crippen molar-refractivity contribution in [2.24, 2.45) is 23.7 Å². The normalized spacial score (nSPS) is 30.2. The lowest BCUT2D eigenvalue weighted by Gasteiger charge is -2.50. The van der Waals surface area contributed by atoms with Crippen molar-refractivity contribution in [1.82, 2.24) is 4.90 Å². The van der Waals surface area contributed by atoms with Crippen LogP contribution in [0.5, 0.6) is 5.75 Å². The first kappa shape index (κ1) is 26.7. The molecule has 3 aromatic rings. The van der Waals surface area contributed by atoms with E-state index in [2.05, 4.69) is 0 Å². The molecule has 2 saturated heterocycles. The fourth-order valence-corrected chi connectivity index (χ4v) is 8.35. The van der Waals surface area contributed by atoms with Gasteiger partial charge in [-0.2, -0.15) is 0 Å². The van der Waals surface area contributed by atoms with Gasteiger partial charge in [0, 0.05) is 17.5 Å². The maximum atomic E-state index is 15.0. The Morgan fingerprint density at radius 3 is 2.31 bits per heavy atom. The number of hydrogen-bond acceptors (Lipinski definition) is 5. The zero-order valence-electron chi connectivity index (χ0n) is 22.9. The van der Waals surface area contributed by atoms with Crippen molar-refractivity contribution in [3.8, 4) is 5.75 Å². The molecule has 4 aliphatic rings. The number of allylic oxidation sites excluding steroid dienone is 2. The highest BCUT2D eigenvalue weighted by Gasteiger charge is 2.70. The monoisotopic (exact) mass is 580 g/mol. The first-order chi connectivity index (χ1) is 20.3. The number of carbonyl (C=O) groups is 4. The molecule has 2 aliphatic heterocycles. The first-order valence-electron chi connectivity index (χ1n) is 14.3. The second kappa shape index (κ2) is 9.66. The highest BCUT2D eigenvalue weighted by molar-refractivity contribution is 6.32. The van der Waals surface area contributed by atoms with Crippen molar-refractivity contribution in [3.63, 3.8) is 0 Å². The number of amides is 4. The van der Waals surface area contributed by atoms with Crippen molar-refractivity contribution in [1.29, 1.82) is 0 Å². The van der Waals surface area contributed by atoms with Gasteiger partial charge in [-0.15, -0.1) is 0 Å². The largest absolute Gasteiger partial charge is 0.508 e. The molecule has 1 saturated carbocycles. The second-order valence-electron chi connectivity index (χ2n) is 11.6. The van der Waals surface area contributed by atoms with Crippen LogP contribution in [0.1, 0.15) is 36.8 Å². The van der Waals surface area contributed by atoms with Crippen LogP contribution in [0.15, 0.2) is 90.5 Å². The third kappa shape index (κ3) is 3.52. The summed E-state index contributed by atoms with van der Waals surface area (Å²) in [6.45, 7) is 2.09. The van der Waals surface area contributed by atoms with Gasteiger partial charge < -0.3 is 5.11 Å². The number of halogens is 1. The van der Waals surface area contributed by atoms with E-state index in [0.717, 1.165) is 11.1 Å². The number of aromatic hydroxyl groups is 1. The summed E-state index contributed by atoms with van der Waals surface area (Å²) in [7, 11) is 0. The molecule has 1 N–H and O–H groups in total. The molecule has 3 aromatic carbocycles. The summed E-state index contributed by atoms with van der Waals surface area (Å²) >= 11 is 6.32. The Balaban J connectivity index is 1.50. The minimum absolute atomic E-state index is 0.0821. The summed E-state index contributed by atoms with van der Waals surface area (Å²) < 4.78 is 0. The van der Waals surface area contributed by atoms with Gasteiger partial charge in [0.2, 0.25) is 23.6 Å². The van der Waals surface area contributed by atoms with Crippen molar-refractivity contribution in [2.45, 2.75) is 31.1 Å². The molecule has 42 heavy (non-hydrogen) atoms. The van der Waals surface area contributed by atoms with Crippen molar-refractivity contribution < 1.29 is 24.3 Å². The number of rotatable bonds is 4. The fraction of sp³-hybridized carbons (Fsp3) is 0.294. The van der Waals surface area contributed by atoms with Gasteiger partial charge in [-0.1, -0.05) is 71.8 Å². The van der Waals surface area contributed by atoms with Crippen LogP contribution in [0.2, 0.25) is 5.02 Å². The van der Waals surface area contributed by atoms with E-state index in [-0.39, 0.29) is 35.8 Å². The van der Waals surface area contributed by atoms with E-state index in [1.54, 1.807) is 55.5 Å². The lowest BCUT2D eigenvalue weighted by Crippen LogP contribution is -2.53. The minimum Gasteiger partial charge on any atom is -0.508 e. The Hall–Kier alpha value is -4.23. The number of phenols is 1. The second-order valence-corrected chi connectivity index (χ2v) is 12.0. The van der Waals surface area contributed by atoms with E-state index in [0.29, 0.717) is 29.2 Å². The quantitative estimate of drug-likeness (QED) is 0.337. The molecule has 4 amide bonds. The van der Waals surface area contributed by atoms with Crippen LogP contribution in [-0.4, -0.2) is 40.2 Å². The van der Waals surface area contributed by atoms with E-state index in [1.165, 1.54) is 9.80 Å². The number of phenolic OH excluding ortho intramolecular Hbond substituents is 1. The molecule has 2 heterocycles. The van der Waals surface area contributed by atoms with Crippen LogP contribution >= 0.6 is 11.6 Å². The van der Waals surface area contributed by atoms with Gasteiger partial charge in [-0.3, -0.25) is 24.1 Å². The molecule has 3 fully saturated rings. The Labute approximate surface area is 248 Å². The van der Waals surface area contributed by atoms with Crippen LogP contribution in [-0.2, 0) is 24.6 Å². The molecule has 7 nitrogen and oxygen atoms in total. The van der Waals surface area contributed by atoms with Crippen molar-refractivity contribution >= 4 is 40.9 Å². The van der Waals surface area contributed by atoms with Crippen molar-refractivity contribution in [2.75, 3.05) is 11.4 Å². The molecule has 212 valence electrons. The number of hydrogen-bond donors (Lipinski definition) is 1. The van der Waals surface area contributed by atoms with Crippen molar-refractivity contribution in [3.05, 3.63) is 107 Å². The van der Waals surface area contributed by atoms with Gasteiger partial charge in [0.1, 0.15) is 5.75 Å². The zero-order chi connectivity index (χ0) is 29.3. The van der Waals surface area contributed by atoms with Crippen LogP contribution in [0.25, 0.3) is 0 Å². The molecule has 6 atom stereocenters. The number of likely N-dealkylation sites (tertiary alicyclic amines) is 1. The third-order valence-corrected chi connectivity index (χ3v) is 10.0. The zero-order valence-corrected chi connectivity index (χ0v) is 23.7. The minimum atomic E-state index is -1.32. The molecule has 0 bridgehead atoms. The number of imide groups is 2. The number of carbonyl (C=O) groups excluding carboxylic acids is 4. The molecule has 0 aromatic heterocycles. The van der Waals surface area contributed by atoms with Gasteiger partial charge in [-0.25, -0.2) is 4.90 Å². The molecule has 2 aliphatic carbocycles. The molecular formula is C34H29ClN2O5. The maximum Gasteiger partial charge on any atom is 0.246 e. The van der Waals surface area contributed by atoms with E-state index in [9.17, 15) is 19.5 Å². The molecule has 0 spiro atoms. The average molecular weight is 581 g/mol. The summed E-state index contributed by atoms with van der Waals surface area (Å²) in [6, 6.07) is 22.8. The van der Waals surface area contributed by atoms with Crippen LogP contribution < -0.4 is 4.90 Å². The van der Waals surface area contributed by atoms with Gasteiger partial charge in [0.05, 0.1) is 28.9 Å². The summed E-state index contributed by atoms with van der Waals surface area (Å²) in [4.78, 5) is 59.1.